The second-order valence-electron chi connectivity index (χ2n) is 10.0. The van der Waals surface area contributed by atoms with E-state index in [1.165, 1.54) is 0 Å². The number of aliphatic carboxylic acids is 1. The molecule has 1 aliphatic carbocycles. The van der Waals surface area contributed by atoms with Gasteiger partial charge in [0.25, 0.3) is 0 Å². The van der Waals surface area contributed by atoms with Gasteiger partial charge >= 0.3 is 12.1 Å². The number of rotatable bonds is 9. The molecule has 0 radical (unpaired) electrons. The zero-order chi connectivity index (χ0) is 26.4. The topological polar surface area (TPSA) is 126 Å². The number of carbonyl (C=O) groups is 3. The van der Waals surface area contributed by atoms with E-state index in [1.54, 1.807) is 6.20 Å². The molecular weight excluding hydrogens is 470 g/mol. The standard InChI is InChI=1S/C29H35N3O5/c1-19-9-5-8-14-26(19)37-29(36)32(18-22(28(34)35)15-20-10-3-2-4-11-20)27(33)24(30)16-21-17-31-25-13-7-6-12-23(21)25/h2-4,6-7,10-13,17,19,22,24,26,31H,5,8-9,14-16,18,30H2,1H3,(H,34,35)/t19?,22?,24-,26?/m1/s1. The van der Waals surface area contributed by atoms with Gasteiger partial charge in [-0.1, -0.05) is 61.9 Å². The number of amides is 2. The first-order valence-electron chi connectivity index (χ1n) is 12.9. The molecule has 1 aromatic heterocycles. The van der Waals surface area contributed by atoms with Crippen LogP contribution in [0.2, 0.25) is 0 Å². The lowest BCUT2D eigenvalue weighted by atomic mass is 9.88. The van der Waals surface area contributed by atoms with E-state index in [0.717, 1.165) is 52.6 Å². The van der Waals surface area contributed by atoms with Crippen LogP contribution in [0.15, 0.2) is 60.8 Å². The second-order valence-corrected chi connectivity index (χ2v) is 10.0. The lowest BCUT2D eigenvalue weighted by Gasteiger charge is -2.32. The molecule has 1 saturated carbocycles. The van der Waals surface area contributed by atoms with Crippen LogP contribution in [0.3, 0.4) is 0 Å². The van der Waals surface area contributed by atoms with Gasteiger partial charge in [0, 0.05) is 23.6 Å². The molecule has 196 valence electrons. The number of nitrogens with zero attached hydrogens (tertiary/aromatic N) is 1. The normalized spacial score (nSPS) is 19.2. The molecule has 1 fully saturated rings. The van der Waals surface area contributed by atoms with E-state index in [9.17, 15) is 19.5 Å². The lowest BCUT2D eigenvalue weighted by molar-refractivity contribution is -0.143. The molecule has 8 nitrogen and oxygen atoms in total. The summed E-state index contributed by atoms with van der Waals surface area (Å²) in [6, 6.07) is 15.8. The molecule has 37 heavy (non-hydrogen) atoms. The van der Waals surface area contributed by atoms with Gasteiger partial charge in [0.05, 0.1) is 12.0 Å². The van der Waals surface area contributed by atoms with Gasteiger partial charge < -0.3 is 20.6 Å². The van der Waals surface area contributed by atoms with E-state index in [4.69, 9.17) is 10.5 Å². The highest BCUT2D eigenvalue weighted by atomic mass is 16.6. The van der Waals surface area contributed by atoms with E-state index >= 15 is 0 Å². The van der Waals surface area contributed by atoms with Crippen LogP contribution in [0.1, 0.15) is 43.7 Å². The molecule has 0 aliphatic heterocycles. The minimum atomic E-state index is -1.09. The van der Waals surface area contributed by atoms with E-state index in [1.807, 2.05) is 61.5 Å². The first kappa shape index (κ1) is 26.4. The largest absolute Gasteiger partial charge is 0.481 e. The van der Waals surface area contributed by atoms with Crippen molar-refractivity contribution in [3.8, 4) is 0 Å². The van der Waals surface area contributed by atoms with E-state index in [2.05, 4.69) is 4.98 Å². The number of nitrogens with one attached hydrogen (secondary N) is 1. The van der Waals surface area contributed by atoms with Gasteiger partial charge in [-0.05, 0) is 55.2 Å². The van der Waals surface area contributed by atoms with Crippen molar-refractivity contribution < 1.29 is 24.2 Å². The Labute approximate surface area is 216 Å². The Balaban J connectivity index is 1.55. The Morgan fingerprint density at radius 3 is 2.49 bits per heavy atom. The minimum absolute atomic E-state index is 0.171. The van der Waals surface area contributed by atoms with Crippen molar-refractivity contribution in [2.45, 2.75) is 57.6 Å². The van der Waals surface area contributed by atoms with Crippen LogP contribution < -0.4 is 5.73 Å². The van der Waals surface area contributed by atoms with Gasteiger partial charge in [-0.2, -0.15) is 0 Å². The highest BCUT2D eigenvalue weighted by Gasteiger charge is 2.35. The monoisotopic (exact) mass is 505 g/mol. The molecule has 0 spiro atoms. The number of para-hydroxylation sites is 1. The SMILES string of the molecule is CC1CCCCC1OC(=O)N(CC(Cc1ccccc1)C(=O)O)C(=O)[C@H](N)Cc1c[nH]c2ccccc12. The Morgan fingerprint density at radius 1 is 1.05 bits per heavy atom. The number of carbonyl (C=O) groups excluding carboxylic acids is 2. The van der Waals surface area contributed by atoms with Crippen molar-refractivity contribution in [1.29, 1.82) is 0 Å². The van der Waals surface area contributed by atoms with Gasteiger partial charge in [0.15, 0.2) is 0 Å². The molecule has 0 bridgehead atoms. The van der Waals surface area contributed by atoms with Gasteiger partial charge in [-0.15, -0.1) is 0 Å². The molecule has 3 unspecified atom stereocenters. The van der Waals surface area contributed by atoms with Crippen molar-refractivity contribution >= 4 is 28.9 Å². The van der Waals surface area contributed by atoms with Gasteiger partial charge in [-0.25, -0.2) is 9.69 Å². The van der Waals surface area contributed by atoms with Crippen molar-refractivity contribution in [3.05, 3.63) is 71.9 Å². The summed E-state index contributed by atoms with van der Waals surface area (Å²) in [6.07, 6.45) is 4.73. The molecule has 2 amide bonds. The van der Waals surface area contributed by atoms with Gasteiger partial charge in [-0.3, -0.25) is 9.59 Å². The molecule has 3 aromatic rings. The third kappa shape index (κ3) is 6.57. The molecule has 8 heteroatoms. The van der Waals surface area contributed by atoms with Crippen LogP contribution in [0.4, 0.5) is 4.79 Å². The summed E-state index contributed by atoms with van der Waals surface area (Å²) in [5.74, 6) is -2.55. The molecule has 4 rings (SSSR count). The Hall–Kier alpha value is -3.65. The predicted octanol–water partition coefficient (Wildman–Crippen LogP) is 4.53. The molecule has 2 aromatic carbocycles. The summed E-state index contributed by atoms with van der Waals surface area (Å²) in [5, 5.41) is 10.9. The quantitative estimate of drug-likeness (QED) is 0.392. The van der Waals surface area contributed by atoms with E-state index < -0.39 is 29.9 Å². The summed E-state index contributed by atoms with van der Waals surface area (Å²) >= 11 is 0. The van der Waals surface area contributed by atoms with Crippen LogP contribution in [0.5, 0.6) is 0 Å². The molecule has 0 saturated heterocycles. The summed E-state index contributed by atoms with van der Waals surface area (Å²) in [5.41, 5.74) is 8.92. The molecule has 1 heterocycles. The van der Waals surface area contributed by atoms with Crippen molar-refractivity contribution in [3.63, 3.8) is 0 Å². The average molecular weight is 506 g/mol. The van der Waals surface area contributed by atoms with Gasteiger partial charge in [0.1, 0.15) is 6.10 Å². The maximum absolute atomic E-state index is 13.6. The second kappa shape index (κ2) is 12.1. The van der Waals surface area contributed by atoms with Gasteiger partial charge in [0.2, 0.25) is 5.91 Å². The number of hydrogen-bond donors (Lipinski definition) is 3. The highest BCUT2D eigenvalue weighted by Crippen LogP contribution is 2.27. The van der Waals surface area contributed by atoms with E-state index in [-0.39, 0.29) is 31.4 Å². The number of nitrogens with two attached hydrogens (primary N) is 1. The zero-order valence-electron chi connectivity index (χ0n) is 21.1. The number of H-pyrrole nitrogens is 1. The minimum Gasteiger partial charge on any atom is -0.481 e. The van der Waals surface area contributed by atoms with Crippen LogP contribution in [-0.4, -0.2) is 51.7 Å². The van der Waals surface area contributed by atoms with Crippen LogP contribution in [0.25, 0.3) is 10.9 Å². The van der Waals surface area contributed by atoms with Crippen molar-refractivity contribution in [1.82, 2.24) is 9.88 Å². The third-order valence-corrected chi connectivity index (χ3v) is 7.28. The predicted molar refractivity (Wildman–Crippen MR) is 141 cm³/mol. The molecular formula is C29H35N3O5. The number of fused-ring (bicyclic) bond motifs is 1. The average Bonchev–Trinajstić information content (AvgIpc) is 3.30. The van der Waals surface area contributed by atoms with Crippen molar-refractivity contribution in [2.75, 3.05) is 6.54 Å². The fourth-order valence-electron chi connectivity index (χ4n) is 5.08. The number of benzene rings is 2. The summed E-state index contributed by atoms with van der Waals surface area (Å²) in [4.78, 5) is 43.2. The molecule has 4 atom stereocenters. The van der Waals surface area contributed by atoms with Crippen molar-refractivity contribution in [2.24, 2.45) is 17.6 Å². The number of ether oxygens (including phenoxy) is 1. The molecule has 4 N–H and O–H groups in total. The number of aromatic amines is 1. The zero-order valence-corrected chi connectivity index (χ0v) is 21.1. The Bertz CT molecular complexity index is 1220. The summed E-state index contributed by atoms with van der Waals surface area (Å²) in [6.45, 7) is 1.71. The number of imide groups is 1. The smallest absolute Gasteiger partial charge is 0.416 e. The third-order valence-electron chi connectivity index (χ3n) is 7.28. The number of carboxylic acids is 1. The Morgan fingerprint density at radius 2 is 1.76 bits per heavy atom. The highest BCUT2D eigenvalue weighted by molar-refractivity contribution is 5.96. The first-order valence-corrected chi connectivity index (χ1v) is 12.9. The fraction of sp³-hybridized carbons (Fsp3) is 0.414. The summed E-state index contributed by atoms with van der Waals surface area (Å²) in [7, 11) is 0. The van der Waals surface area contributed by atoms with E-state index in [0.29, 0.717) is 0 Å². The maximum atomic E-state index is 13.6. The van der Waals surface area contributed by atoms with Crippen LogP contribution in [-0.2, 0) is 27.2 Å². The number of hydrogen-bond acceptors (Lipinski definition) is 5. The fourth-order valence-corrected chi connectivity index (χ4v) is 5.08. The Kier molecular flexibility index (Phi) is 8.61. The summed E-state index contributed by atoms with van der Waals surface area (Å²) < 4.78 is 5.78. The van der Waals surface area contributed by atoms with Crippen LogP contribution in [0, 0.1) is 11.8 Å². The lowest BCUT2D eigenvalue weighted by Crippen LogP contribution is -2.51. The van der Waals surface area contributed by atoms with Crippen LogP contribution >= 0.6 is 0 Å². The maximum Gasteiger partial charge on any atom is 0.416 e. The number of carboxylic acid groups (broad SMARTS) is 1. The first-order chi connectivity index (χ1) is 17.8. The molecule has 1 aliphatic rings. The number of aromatic nitrogens is 1.